The molecule has 2 heterocycles. The summed E-state index contributed by atoms with van der Waals surface area (Å²) in [5.41, 5.74) is -1.04. The van der Waals surface area contributed by atoms with Gasteiger partial charge in [-0.3, -0.25) is 9.59 Å². The maximum absolute atomic E-state index is 12.9. The topological polar surface area (TPSA) is 82.8 Å². The van der Waals surface area contributed by atoms with Gasteiger partial charge in [0.25, 0.3) is 5.91 Å². The predicted molar refractivity (Wildman–Crippen MR) is 105 cm³/mol. The summed E-state index contributed by atoms with van der Waals surface area (Å²) in [4.78, 5) is 26.5. The highest BCUT2D eigenvalue weighted by atomic mass is 16.3. The first kappa shape index (κ1) is 18.7. The lowest BCUT2D eigenvalue weighted by Gasteiger charge is -2.55. The van der Waals surface area contributed by atoms with Gasteiger partial charge in [0.15, 0.2) is 11.4 Å². The zero-order chi connectivity index (χ0) is 20.1. The van der Waals surface area contributed by atoms with Crippen LogP contribution >= 0.6 is 0 Å². The molecule has 1 amide bonds. The first-order chi connectivity index (χ1) is 13.4. The number of amides is 1. The number of fused-ring (bicyclic) bond motifs is 3. The molecule has 148 valence electrons. The minimum absolute atomic E-state index is 0.0113. The average Bonchev–Trinajstić information content (AvgIpc) is 2.70. The molecule has 1 saturated carbocycles. The Morgan fingerprint density at radius 2 is 1.86 bits per heavy atom. The summed E-state index contributed by atoms with van der Waals surface area (Å²) < 4.78 is 1.64. The van der Waals surface area contributed by atoms with Crippen molar-refractivity contribution in [1.82, 2.24) is 9.47 Å². The highest BCUT2D eigenvalue weighted by Gasteiger charge is 2.56. The molecule has 1 aliphatic heterocycles. The number of benzene rings is 1. The number of likely N-dealkylation sites (N-methyl/N-ethyl adjacent to an activating group) is 1. The van der Waals surface area contributed by atoms with Crippen LogP contribution in [0.3, 0.4) is 0 Å². The molecule has 0 spiro atoms. The minimum Gasteiger partial charge on any atom is -0.503 e. The summed E-state index contributed by atoms with van der Waals surface area (Å²) in [5.74, 6) is -0.927. The van der Waals surface area contributed by atoms with E-state index in [2.05, 4.69) is 6.92 Å². The second-order valence-electron chi connectivity index (χ2n) is 7.97. The van der Waals surface area contributed by atoms with Crippen LogP contribution in [0.1, 0.15) is 54.7 Å². The normalized spacial score (nSPS) is 29.3. The smallest absolute Gasteiger partial charge is 0.274 e. The van der Waals surface area contributed by atoms with Gasteiger partial charge in [0.1, 0.15) is 5.60 Å². The van der Waals surface area contributed by atoms with Gasteiger partial charge in [-0.15, -0.1) is 0 Å². The lowest BCUT2D eigenvalue weighted by molar-refractivity contribution is -0.126. The number of pyridine rings is 1. The molecule has 2 N–H and O–H groups in total. The van der Waals surface area contributed by atoms with E-state index in [1.807, 2.05) is 30.3 Å². The Hall–Kier alpha value is -2.60. The molecule has 2 aliphatic rings. The van der Waals surface area contributed by atoms with Gasteiger partial charge in [0.2, 0.25) is 5.43 Å². The maximum Gasteiger partial charge on any atom is 0.274 e. The molecular formula is C22H26N2O4. The van der Waals surface area contributed by atoms with Crippen molar-refractivity contribution in [3.8, 4) is 5.75 Å². The summed E-state index contributed by atoms with van der Waals surface area (Å²) in [6.45, 7) is 2.10. The van der Waals surface area contributed by atoms with Gasteiger partial charge in [0, 0.05) is 19.3 Å². The summed E-state index contributed by atoms with van der Waals surface area (Å²) in [7, 11) is 1.69. The predicted octanol–water partition coefficient (Wildman–Crippen LogP) is 2.65. The molecule has 1 aliphatic carbocycles. The standard InChI is InChI=1S/C22H26N2O4/c1-3-7-14-10-11-16-20(22(14,28)15-8-5-4-6-9-15)24-13-12-17(25)19(26)18(24)21(27)23(16)2/h4-6,8-9,12-14,16,20,26,28H,3,7,10-11H2,1-2H3. The Labute approximate surface area is 164 Å². The number of nitrogens with zero attached hydrogens (tertiary/aromatic N) is 2. The van der Waals surface area contributed by atoms with Crippen LogP contribution in [0.2, 0.25) is 0 Å². The van der Waals surface area contributed by atoms with Gasteiger partial charge >= 0.3 is 0 Å². The fraction of sp³-hybridized carbons (Fsp3) is 0.455. The largest absolute Gasteiger partial charge is 0.503 e. The molecule has 1 aromatic heterocycles. The third-order valence-corrected chi connectivity index (χ3v) is 6.54. The van der Waals surface area contributed by atoms with Crippen molar-refractivity contribution in [1.29, 1.82) is 0 Å². The number of rotatable bonds is 3. The molecule has 4 rings (SSSR count). The van der Waals surface area contributed by atoms with Gasteiger partial charge in [-0.05, 0) is 30.7 Å². The van der Waals surface area contributed by atoms with Crippen molar-refractivity contribution in [3.05, 3.63) is 64.1 Å². The van der Waals surface area contributed by atoms with Gasteiger partial charge in [-0.2, -0.15) is 0 Å². The van der Waals surface area contributed by atoms with Crippen LogP contribution in [-0.2, 0) is 5.60 Å². The first-order valence-corrected chi connectivity index (χ1v) is 9.90. The van der Waals surface area contributed by atoms with Gasteiger partial charge < -0.3 is 19.7 Å². The molecule has 0 saturated heterocycles. The molecule has 6 heteroatoms. The van der Waals surface area contributed by atoms with Crippen molar-refractivity contribution in [3.63, 3.8) is 0 Å². The molecule has 0 radical (unpaired) electrons. The highest BCUT2D eigenvalue weighted by Crippen LogP contribution is 2.53. The van der Waals surface area contributed by atoms with Crippen LogP contribution < -0.4 is 5.43 Å². The number of aromatic hydroxyl groups is 1. The molecule has 4 atom stereocenters. The van der Waals surface area contributed by atoms with Crippen molar-refractivity contribution in [2.75, 3.05) is 7.05 Å². The Morgan fingerprint density at radius 1 is 1.14 bits per heavy atom. The van der Waals surface area contributed by atoms with E-state index in [4.69, 9.17) is 0 Å². The molecular weight excluding hydrogens is 356 g/mol. The molecule has 0 bridgehead atoms. The Balaban J connectivity index is 1.99. The van der Waals surface area contributed by atoms with Gasteiger partial charge in [-0.25, -0.2) is 0 Å². The molecule has 2 aromatic rings. The number of carbonyl (C=O) groups is 1. The van der Waals surface area contributed by atoms with E-state index in [0.29, 0.717) is 0 Å². The maximum atomic E-state index is 12.9. The van der Waals surface area contributed by atoms with E-state index in [1.165, 1.54) is 6.07 Å². The molecule has 1 fully saturated rings. The molecule has 6 nitrogen and oxygen atoms in total. The van der Waals surface area contributed by atoms with Crippen LogP contribution in [0, 0.1) is 5.92 Å². The van der Waals surface area contributed by atoms with Crippen LogP contribution in [0.25, 0.3) is 0 Å². The van der Waals surface area contributed by atoms with Gasteiger partial charge in [0.05, 0.1) is 12.1 Å². The number of hydrogen-bond acceptors (Lipinski definition) is 4. The third-order valence-electron chi connectivity index (χ3n) is 6.54. The fourth-order valence-electron chi connectivity index (χ4n) is 5.21. The monoisotopic (exact) mass is 382 g/mol. The lowest BCUT2D eigenvalue weighted by atomic mass is 9.64. The number of aliphatic hydroxyl groups is 1. The zero-order valence-corrected chi connectivity index (χ0v) is 16.2. The Morgan fingerprint density at radius 3 is 2.54 bits per heavy atom. The second-order valence-corrected chi connectivity index (χ2v) is 7.97. The number of aromatic nitrogens is 1. The van der Waals surface area contributed by atoms with Crippen molar-refractivity contribution >= 4 is 5.91 Å². The van der Waals surface area contributed by atoms with E-state index in [1.54, 1.807) is 22.7 Å². The van der Waals surface area contributed by atoms with Crippen molar-refractivity contribution in [2.45, 2.75) is 50.3 Å². The van der Waals surface area contributed by atoms with Gasteiger partial charge in [-0.1, -0.05) is 43.7 Å². The van der Waals surface area contributed by atoms with E-state index < -0.39 is 22.8 Å². The molecule has 28 heavy (non-hydrogen) atoms. The summed E-state index contributed by atoms with van der Waals surface area (Å²) in [6, 6.07) is 10.1. The minimum atomic E-state index is -1.22. The summed E-state index contributed by atoms with van der Waals surface area (Å²) in [6.07, 6.45) is 4.91. The third kappa shape index (κ3) is 2.51. The van der Waals surface area contributed by atoms with Crippen LogP contribution in [0.4, 0.5) is 0 Å². The van der Waals surface area contributed by atoms with Crippen LogP contribution in [0.5, 0.6) is 5.75 Å². The SMILES string of the molecule is CCCC1CCC2C(n3ccc(=O)c(O)c3C(=O)N2C)C1(O)c1ccccc1. The Bertz CT molecular complexity index is 955. The molecule has 1 aromatic carbocycles. The van der Waals surface area contributed by atoms with Crippen molar-refractivity contribution < 1.29 is 15.0 Å². The lowest BCUT2D eigenvalue weighted by Crippen LogP contribution is -2.61. The Kier molecular flexibility index (Phi) is 4.54. The van der Waals surface area contributed by atoms with E-state index in [-0.39, 0.29) is 23.6 Å². The first-order valence-electron chi connectivity index (χ1n) is 9.90. The quantitative estimate of drug-likeness (QED) is 0.855. The summed E-state index contributed by atoms with van der Waals surface area (Å²) in [5, 5.41) is 22.6. The second kappa shape index (κ2) is 6.78. The molecule has 4 unspecified atom stereocenters. The zero-order valence-electron chi connectivity index (χ0n) is 16.2. The number of hydrogen-bond donors (Lipinski definition) is 2. The summed E-state index contributed by atoms with van der Waals surface area (Å²) >= 11 is 0. The average molecular weight is 382 g/mol. The van der Waals surface area contributed by atoms with E-state index >= 15 is 0 Å². The van der Waals surface area contributed by atoms with Crippen LogP contribution in [-0.4, -0.2) is 38.7 Å². The van der Waals surface area contributed by atoms with Crippen LogP contribution in [0.15, 0.2) is 47.4 Å². The van der Waals surface area contributed by atoms with E-state index in [9.17, 15) is 19.8 Å². The number of carbonyl (C=O) groups excluding carboxylic acids is 1. The highest BCUT2D eigenvalue weighted by molar-refractivity contribution is 5.96. The van der Waals surface area contributed by atoms with Crippen molar-refractivity contribution in [2.24, 2.45) is 5.92 Å². The van der Waals surface area contributed by atoms with E-state index in [0.717, 1.165) is 31.2 Å². The fourth-order valence-corrected chi connectivity index (χ4v) is 5.21.